The van der Waals surface area contributed by atoms with E-state index in [4.69, 9.17) is 4.74 Å². The molecule has 1 saturated heterocycles. The zero-order valence-corrected chi connectivity index (χ0v) is 13.1. The van der Waals surface area contributed by atoms with Gasteiger partial charge >= 0.3 is 6.03 Å². The first-order chi connectivity index (χ1) is 11.7. The summed E-state index contributed by atoms with van der Waals surface area (Å²) in [6.45, 7) is 0. The molecule has 2 aromatic carbocycles. The summed E-state index contributed by atoms with van der Waals surface area (Å²) < 4.78 is 5.10. The Hall–Kier alpha value is -3.34. The van der Waals surface area contributed by atoms with Crippen molar-refractivity contribution in [1.82, 2.24) is 5.32 Å². The molecule has 0 spiro atoms. The standard InChI is InChI=1S/C19H16N2O3/c1-24-16-12-10-14(11-13-16)6-5-9-17-18(22)21(19(23)20-17)15-7-3-2-4-8-15/h2-13H,1H3,(H,20,23)/b6-5+,17-9+. The lowest BCUT2D eigenvalue weighted by molar-refractivity contribution is -0.113. The van der Waals surface area contributed by atoms with E-state index in [9.17, 15) is 9.59 Å². The molecule has 0 atom stereocenters. The maximum absolute atomic E-state index is 12.4. The summed E-state index contributed by atoms with van der Waals surface area (Å²) in [5.41, 5.74) is 1.75. The number of amides is 3. The van der Waals surface area contributed by atoms with Crippen molar-refractivity contribution in [1.29, 1.82) is 0 Å². The molecule has 0 saturated carbocycles. The number of rotatable bonds is 4. The van der Waals surface area contributed by atoms with Crippen LogP contribution in [0.4, 0.5) is 10.5 Å². The topological polar surface area (TPSA) is 58.6 Å². The van der Waals surface area contributed by atoms with Crippen LogP contribution in [-0.2, 0) is 4.79 Å². The van der Waals surface area contributed by atoms with Crippen LogP contribution in [0.1, 0.15) is 5.56 Å². The summed E-state index contributed by atoms with van der Waals surface area (Å²) in [4.78, 5) is 25.5. The molecule has 1 aliphatic heterocycles. The van der Waals surface area contributed by atoms with E-state index in [1.807, 2.05) is 36.4 Å². The third-order valence-corrected chi connectivity index (χ3v) is 3.56. The molecule has 0 radical (unpaired) electrons. The Morgan fingerprint density at radius 1 is 1.00 bits per heavy atom. The second kappa shape index (κ2) is 6.83. The average Bonchev–Trinajstić information content (AvgIpc) is 2.90. The molecule has 0 aromatic heterocycles. The Labute approximate surface area is 139 Å². The number of imide groups is 1. The van der Waals surface area contributed by atoms with Gasteiger partial charge in [0.1, 0.15) is 11.4 Å². The van der Waals surface area contributed by atoms with E-state index >= 15 is 0 Å². The maximum atomic E-state index is 12.4. The molecule has 24 heavy (non-hydrogen) atoms. The van der Waals surface area contributed by atoms with Crippen LogP contribution in [0.2, 0.25) is 0 Å². The number of urea groups is 1. The SMILES string of the molecule is COc1ccc(/C=C/C=C2/NC(=O)N(c3ccccc3)C2=O)cc1. The van der Waals surface area contributed by atoms with Crippen LogP contribution in [0, 0.1) is 0 Å². The van der Waals surface area contributed by atoms with Crippen molar-refractivity contribution >= 4 is 23.7 Å². The Balaban J connectivity index is 1.75. The van der Waals surface area contributed by atoms with Crippen LogP contribution in [0.5, 0.6) is 5.75 Å². The maximum Gasteiger partial charge on any atom is 0.333 e. The Morgan fingerprint density at radius 2 is 1.71 bits per heavy atom. The quantitative estimate of drug-likeness (QED) is 0.694. The molecular weight excluding hydrogens is 304 g/mol. The van der Waals surface area contributed by atoms with Crippen LogP contribution in [0.3, 0.4) is 0 Å². The number of methoxy groups -OCH3 is 1. The van der Waals surface area contributed by atoms with Crippen molar-refractivity contribution in [2.45, 2.75) is 0 Å². The molecular formula is C19H16N2O3. The fraction of sp³-hybridized carbons (Fsp3) is 0.0526. The third kappa shape index (κ3) is 3.20. The van der Waals surface area contributed by atoms with Crippen molar-refractivity contribution in [3.8, 4) is 5.75 Å². The van der Waals surface area contributed by atoms with Gasteiger partial charge in [0.05, 0.1) is 12.8 Å². The lowest BCUT2D eigenvalue weighted by Crippen LogP contribution is -2.30. The van der Waals surface area contributed by atoms with Gasteiger partial charge in [0.15, 0.2) is 0 Å². The number of para-hydroxylation sites is 1. The molecule has 1 fully saturated rings. The van der Waals surface area contributed by atoms with Crippen molar-refractivity contribution < 1.29 is 14.3 Å². The van der Waals surface area contributed by atoms with Crippen LogP contribution in [-0.4, -0.2) is 19.0 Å². The minimum atomic E-state index is -0.449. The zero-order valence-electron chi connectivity index (χ0n) is 13.1. The molecule has 2 aromatic rings. The minimum Gasteiger partial charge on any atom is -0.497 e. The van der Waals surface area contributed by atoms with Gasteiger partial charge in [-0.15, -0.1) is 0 Å². The first-order valence-corrected chi connectivity index (χ1v) is 7.42. The van der Waals surface area contributed by atoms with Gasteiger partial charge in [-0.2, -0.15) is 0 Å². The normalized spacial score (nSPS) is 16.0. The summed E-state index contributed by atoms with van der Waals surface area (Å²) in [5.74, 6) is 0.410. The van der Waals surface area contributed by atoms with Gasteiger partial charge in [-0.3, -0.25) is 4.79 Å². The smallest absolute Gasteiger partial charge is 0.333 e. The van der Waals surface area contributed by atoms with E-state index in [0.717, 1.165) is 16.2 Å². The monoisotopic (exact) mass is 320 g/mol. The molecule has 5 nitrogen and oxygen atoms in total. The van der Waals surface area contributed by atoms with E-state index in [0.29, 0.717) is 5.69 Å². The van der Waals surface area contributed by atoms with E-state index in [1.165, 1.54) is 0 Å². The van der Waals surface area contributed by atoms with Gasteiger partial charge in [-0.05, 0) is 35.9 Å². The largest absolute Gasteiger partial charge is 0.497 e. The number of carbonyl (C=O) groups excluding carboxylic acids is 2. The molecule has 1 N–H and O–H groups in total. The van der Waals surface area contributed by atoms with Crippen LogP contribution < -0.4 is 15.0 Å². The number of hydrogen-bond acceptors (Lipinski definition) is 3. The first kappa shape index (κ1) is 15.6. The van der Waals surface area contributed by atoms with Gasteiger partial charge in [0.25, 0.3) is 5.91 Å². The average molecular weight is 320 g/mol. The van der Waals surface area contributed by atoms with Crippen molar-refractivity contribution in [2.24, 2.45) is 0 Å². The summed E-state index contributed by atoms with van der Waals surface area (Å²) in [6, 6.07) is 15.9. The van der Waals surface area contributed by atoms with Gasteiger partial charge in [0.2, 0.25) is 0 Å². The van der Waals surface area contributed by atoms with Gasteiger partial charge in [-0.25, -0.2) is 9.69 Å². The molecule has 3 rings (SSSR count). The second-order valence-corrected chi connectivity index (χ2v) is 5.12. The lowest BCUT2D eigenvalue weighted by Gasteiger charge is -2.10. The molecule has 0 aliphatic carbocycles. The number of carbonyl (C=O) groups is 2. The van der Waals surface area contributed by atoms with E-state index in [1.54, 1.807) is 43.5 Å². The number of allylic oxidation sites excluding steroid dienone is 2. The molecule has 0 unspecified atom stereocenters. The van der Waals surface area contributed by atoms with E-state index in [2.05, 4.69) is 5.32 Å². The Kier molecular flexibility index (Phi) is 4.43. The summed E-state index contributed by atoms with van der Waals surface area (Å²) >= 11 is 0. The molecule has 5 heteroatoms. The van der Waals surface area contributed by atoms with Crippen molar-refractivity contribution in [2.75, 3.05) is 12.0 Å². The highest BCUT2D eigenvalue weighted by molar-refractivity contribution is 6.26. The number of nitrogens with one attached hydrogen (secondary N) is 1. The minimum absolute atomic E-state index is 0.244. The highest BCUT2D eigenvalue weighted by Gasteiger charge is 2.34. The lowest BCUT2D eigenvalue weighted by atomic mass is 10.2. The highest BCUT2D eigenvalue weighted by Crippen LogP contribution is 2.20. The van der Waals surface area contributed by atoms with Gasteiger partial charge < -0.3 is 10.1 Å². The van der Waals surface area contributed by atoms with Gasteiger partial charge in [-0.1, -0.05) is 42.5 Å². The van der Waals surface area contributed by atoms with E-state index < -0.39 is 6.03 Å². The molecule has 0 bridgehead atoms. The van der Waals surface area contributed by atoms with Crippen LogP contribution in [0.15, 0.2) is 72.4 Å². The predicted molar refractivity (Wildman–Crippen MR) is 92.6 cm³/mol. The summed E-state index contributed by atoms with van der Waals surface area (Å²) in [7, 11) is 1.61. The molecule has 1 heterocycles. The summed E-state index contributed by atoms with van der Waals surface area (Å²) in [6.07, 6.45) is 5.16. The highest BCUT2D eigenvalue weighted by atomic mass is 16.5. The Bertz CT molecular complexity index is 808. The fourth-order valence-corrected chi connectivity index (χ4v) is 2.33. The number of nitrogens with zero attached hydrogens (tertiary/aromatic N) is 1. The zero-order chi connectivity index (χ0) is 16.9. The third-order valence-electron chi connectivity index (χ3n) is 3.56. The predicted octanol–water partition coefficient (Wildman–Crippen LogP) is 3.35. The number of benzene rings is 2. The van der Waals surface area contributed by atoms with Gasteiger partial charge in [0, 0.05) is 0 Å². The van der Waals surface area contributed by atoms with Crippen LogP contribution >= 0.6 is 0 Å². The number of ether oxygens (including phenoxy) is 1. The number of anilines is 1. The molecule has 3 amide bonds. The van der Waals surface area contributed by atoms with Crippen LogP contribution in [0.25, 0.3) is 6.08 Å². The molecule has 120 valence electrons. The number of hydrogen-bond donors (Lipinski definition) is 1. The van der Waals surface area contributed by atoms with Crippen molar-refractivity contribution in [3.63, 3.8) is 0 Å². The molecule has 1 aliphatic rings. The fourth-order valence-electron chi connectivity index (χ4n) is 2.33. The van der Waals surface area contributed by atoms with Crippen molar-refractivity contribution in [3.05, 3.63) is 78.0 Å². The second-order valence-electron chi connectivity index (χ2n) is 5.12. The van der Waals surface area contributed by atoms with E-state index in [-0.39, 0.29) is 11.6 Å². The summed E-state index contributed by atoms with van der Waals surface area (Å²) in [5, 5.41) is 2.58. The Morgan fingerprint density at radius 3 is 2.38 bits per heavy atom. The first-order valence-electron chi connectivity index (χ1n) is 7.42.